The normalized spacial score (nSPS) is 23.6. The van der Waals surface area contributed by atoms with Crippen molar-refractivity contribution in [3.63, 3.8) is 0 Å². The molecule has 1 saturated carbocycles. The van der Waals surface area contributed by atoms with E-state index in [2.05, 4.69) is 43.4 Å². The van der Waals surface area contributed by atoms with Gasteiger partial charge in [0.2, 0.25) is 5.78 Å². The Hall–Kier alpha value is -3.76. The van der Waals surface area contributed by atoms with E-state index in [9.17, 15) is 19.8 Å². The van der Waals surface area contributed by atoms with Crippen molar-refractivity contribution in [2.75, 3.05) is 25.5 Å². The molecule has 3 N–H and O–H groups in total. The highest BCUT2D eigenvalue weighted by Gasteiger charge is 2.57. The van der Waals surface area contributed by atoms with Crippen LogP contribution in [0.3, 0.4) is 0 Å². The van der Waals surface area contributed by atoms with Crippen LogP contribution in [0, 0.1) is 12.3 Å². The van der Waals surface area contributed by atoms with Gasteiger partial charge in [0.1, 0.15) is 5.75 Å². The lowest BCUT2D eigenvalue weighted by molar-refractivity contribution is -0.0762. The average molecular weight is 727 g/mol. The minimum Gasteiger partial charge on any atom is -0.497 e. The topological polar surface area (TPSA) is 99.1 Å². The number of fused-ring (bicyclic) bond motifs is 8. The summed E-state index contributed by atoms with van der Waals surface area (Å²) in [7, 11) is 1.61. The van der Waals surface area contributed by atoms with E-state index < -0.39 is 17.1 Å². The highest BCUT2D eigenvalue weighted by atomic mass is 32.1. The van der Waals surface area contributed by atoms with E-state index in [1.807, 2.05) is 60.8 Å². The first-order valence-electron chi connectivity index (χ1n) is 18.0. The number of carbonyl (C=O) groups excluding carboxylic acids is 2. The number of aryl methyl sites for hydroxylation is 1. The molecule has 0 aliphatic heterocycles. The van der Waals surface area contributed by atoms with Crippen LogP contribution in [0.25, 0.3) is 0 Å². The van der Waals surface area contributed by atoms with Crippen LogP contribution in [0.2, 0.25) is 0 Å². The molecular formula is C42H50N2O5S2. The maximum Gasteiger partial charge on any atom is 0.321 e. The van der Waals surface area contributed by atoms with Crippen molar-refractivity contribution in [1.82, 2.24) is 4.90 Å². The highest BCUT2D eigenvalue weighted by Crippen LogP contribution is 2.59. The molecule has 0 radical (unpaired) electrons. The van der Waals surface area contributed by atoms with E-state index >= 15 is 0 Å². The fourth-order valence-corrected chi connectivity index (χ4v) is 9.55. The molecule has 0 saturated heterocycles. The number of aliphatic hydroxyl groups excluding tert-OH is 1. The number of nitrogens with zero attached hydrogens (tertiary/aromatic N) is 1. The summed E-state index contributed by atoms with van der Waals surface area (Å²) in [6, 6.07) is 21.1. The quantitative estimate of drug-likeness (QED) is 0.118. The Bertz CT molecular complexity index is 1850. The molecule has 3 aliphatic carbocycles. The van der Waals surface area contributed by atoms with Gasteiger partial charge in [-0.1, -0.05) is 36.8 Å². The van der Waals surface area contributed by atoms with Crippen molar-refractivity contribution < 1.29 is 24.5 Å². The number of nitrogens with one attached hydrogen (secondary N) is 1. The van der Waals surface area contributed by atoms with Gasteiger partial charge in [-0.2, -0.15) is 0 Å². The van der Waals surface area contributed by atoms with E-state index in [4.69, 9.17) is 4.74 Å². The van der Waals surface area contributed by atoms with E-state index in [0.29, 0.717) is 66.9 Å². The van der Waals surface area contributed by atoms with Gasteiger partial charge in [-0.25, -0.2) is 4.79 Å². The van der Waals surface area contributed by atoms with Crippen molar-refractivity contribution in [1.29, 1.82) is 0 Å². The lowest BCUT2D eigenvalue weighted by atomic mass is 9.64. The summed E-state index contributed by atoms with van der Waals surface area (Å²) in [4.78, 5) is 33.1. The Balaban J connectivity index is 1.38. The zero-order valence-electron chi connectivity index (χ0n) is 30.1. The average Bonchev–Trinajstić information content (AvgIpc) is 3.86. The number of allylic oxidation sites excluding steroid dienone is 2. The second-order valence-electron chi connectivity index (χ2n) is 14.6. The molecule has 4 unspecified atom stereocenters. The molecule has 7 nitrogen and oxygen atoms in total. The zero-order valence-corrected chi connectivity index (χ0v) is 31.7. The smallest absolute Gasteiger partial charge is 0.321 e. The second kappa shape index (κ2) is 15.9. The van der Waals surface area contributed by atoms with Crippen LogP contribution in [0.5, 0.6) is 5.75 Å². The van der Waals surface area contributed by atoms with Crippen molar-refractivity contribution in [2.45, 2.75) is 89.8 Å². The largest absolute Gasteiger partial charge is 0.497 e. The van der Waals surface area contributed by atoms with Crippen molar-refractivity contribution >= 4 is 40.2 Å². The lowest BCUT2D eigenvalue weighted by Crippen LogP contribution is -2.54. The van der Waals surface area contributed by atoms with Crippen LogP contribution in [-0.4, -0.2) is 58.8 Å². The first-order valence-corrected chi connectivity index (χ1v) is 19.7. The minimum atomic E-state index is -1.22. The van der Waals surface area contributed by atoms with Gasteiger partial charge >= 0.3 is 6.03 Å². The maximum absolute atomic E-state index is 14.3. The van der Waals surface area contributed by atoms with E-state index in [1.165, 1.54) is 21.8 Å². The van der Waals surface area contributed by atoms with Gasteiger partial charge in [0.15, 0.2) is 0 Å². The Labute approximate surface area is 310 Å². The summed E-state index contributed by atoms with van der Waals surface area (Å²) in [5, 5.41) is 29.0. The summed E-state index contributed by atoms with van der Waals surface area (Å²) < 4.78 is 5.31. The van der Waals surface area contributed by atoms with E-state index in [-0.39, 0.29) is 24.3 Å². The van der Waals surface area contributed by atoms with Gasteiger partial charge < -0.3 is 25.2 Å². The summed E-state index contributed by atoms with van der Waals surface area (Å²) in [6.07, 6.45) is 6.93. The maximum atomic E-state index is 14.3. The number of rotatable bonds is 9. The van der Waals surface area contributed by atoms with Crippen molar-refractivity contribution in [2.24, 2.45) is 5.41 Å². The zero-order chi connectivity index (χ0) is 36.2. The third kappa shape index (κ3) is 8.33. The van der Waals surface area contributed by atoms with Crippen LogP contribution in [0.1, 0.15) is 94.4 Å². The van der Waals surface area contributed by atoms with Gasteiger partial charge in [0.25, 0.3) is 0 Å². The summed E-state index contributed by atoms with van der Waals surface area (Å²) in [5.41, 5.74) is 2.52. The van der Waals surface area contributed by atoms with E-state index in [0.717, 1.165) is 28.8 Å². The number of thiophene rings is 2. The number of urea groups is 1. The van der Waals surface area contributed by atoms with Crippen LogP contribution in [0.15, 0.2) is 83.8 Å². The van der Waals surface area contributed by atoms with Crippen molar-refractivity contribution in [3.05, 3.63) is 115 Å². The number of hydrogen-bond acceptors (Lipinski definition) is 7. The van der Waals surface area contributed by atoms with Gasteiger partial charge in [-0.15, -0.1) is 22.7 Å². The van der Waals surface area contributed by atoms with Crippen LogP contribution >= 0.6 is 22.7 Å². The summed E-state index contributed by atoms with van der Waals surface area (Å²) >= 11 is 3.16. The second-order valence-corrected chi connectivity index (χ2v) is 16.9. The number of ketones is 1. The Morgan fingerprint density at radius 3 is 2.55 bits per heavy atom. The minimum absolute atomic E-state index is 0.0171. The lowest BCUT2D eigenvalue weighted by Gasteiger charge is -2.46. The molecule has 51 heavy (non-hydrogen) atoms. The monoisotopic (exact) mass is 726 g/mol. The molecule has 2 bridgehead atoms. The molecule has 3 aliphatic rings. The molecule has 7 rings (SSSR count). The molecule has 2 amide bonds. The number of anilines is 1. The van der Waals surface area contributed by atoms with Gasteiger partial charge in [0, 0.05) is 33.0 Å². The number of hydrogen-bond donors (Lipinski definition) is 3. The van der Waals surface area contributed by atoms with Crippen LogP contribution in [0.4, 0.5) is 10.5 Å². The Morgan fingerprint density at radius 2 is 1.84 bits per heavy atom. The highest BCUT2D eigenvalue weighted by molar-refractivity contribution is 7.14. The molecule has 2 aromatic carbocycles. The summed E-state index contributed by atoms with van der Waals surface area (Å²) in [6.45, 7) is 6.89. The van der Waals surface area contributed by atoms with Crippen molar-refractivity contribution in [3.8, 4) is 5.75 Å². The SMILES string of the molecule is COc1ccc(NC(=O)N(CCc2cccs2)CC2(O)CCC3c4ccc(cc4C(=O)c4ccc(C)s4)CC(O)CCC(C)=CCCC32C)cc1. The molecule has 1 fully saturated rings. The predicted octanol–water partition coefficient (Wildman–Crippen LogP) is 9.17. The molecule has 9 heteroatoms. The first kappa shape index (κ1) is 37.0. The number of aliphatic hydroxyl groups is 2. The van der Waals surface area contributed by atoms with Gasteiger partial charge in [0.05, 0.1) is 30.2 Å². The first-order chi connectivity index (χ1) is 24.5. The molecule has 4 aromatic rings. The van der Waals surface area contributed by atoms with E-state index in [1.54, 1.807) is 23.3 Å². The number of benzene rings is 2. The molecule has 270 valence electrons. The standard InChI is InChI=1S/C42H50N2O5S2/c1-28-7-5-21-41(3)37(35-17-11-30(25-32(45)14-9-28)26-36(35)39(46)38-18-10-29(2)51-38)19-22-42(41,48)27-44(23-20-34-8-6-24-50-34)40(47)43-31-12-15-33(49-4)16-13-31/h6-8,10-13,15-18,24,26,32,37,45,48H,5,9,14,19-23,25,27H2,1-4H3,(H,43,47). The number of amides is 2. The Kier molecular flexibility index (Phi) is 11.5. The van der Waals surface area contributed by atoms with Gasteiger partial charge in [-0.05, 0) is 136 Å². The molecular weight excluding hydrogens is 677 g/mol. The van der Waals surface area contributed by atoms with Crippen LogP contribution < -0.4 is 10.1 Å². The molecule has 2 heterocycles. The fraction of sp³-hybridized carbons (Fsp3) is 0.429. The molecule has 4 atom stereocenters. The number of ether oxygens (including phenoxy) is 1. The third-order valence-electron chi connectivity index (χ3n) is 11.2. The molecule has 2 aromatic heterocycles. The number of methoxy groups -OCH3 is 1. The molecule has 0 spiro atoms. The summed E-state index contributed by atoms with van der Waals surface area (Å²) in [5.74, 6) is 0.564. The third-order valence-corrected chi connectivity index (χ3v) is 13.1. The van der Waals surface area contributed by atoms with Crippen LogP contribution in [-0.2, 0) is 12.8 Å². The van der Waals surface area contributed by atoms with Gasteiger partial charge in [-0.3, -0.25) is 4.79 Å². The predicted molar refractivity (Wildman–Crippen MR) is 208 cm³/mol. The number of carbonyl (C=O) groups is 2. The Morgan fingerprint density at radius 1 is 1.04 bits per heavy atom. The fourth-order valence-electron chi connectivity index (χ4n) is 8.03.